The highest BCUT2D eigenvalue weighted by Gasteiger charge is 2.39. The third kappa shape index (κ3) is 3.03. The topological polar surface area (TPSA) is 95.7 Å². The average molecular weight is 381 g/mol. The lowest BCUT2D eigenvalue weighted by molar-refractivity contribution is 0.229. The number of nitrogens with zero attached hydrogens (tertiary/aromatic N) is 5. The van der Waals surface area contributed by atoms with Gasteiger partial charge in [-0.1, -0.05) is 16.8 Å². The van der Waals surface area contributed by atoms with Gasteiger partial charge in [-0.15, -0.1) is 12.4 Å². The fraction of sp³-hybridized carbons (Fsp3) is 0.375. The molecule has 25 heavy (non-hydrogen) atoms. The number of halogens is 2. The minimum atomic E-state index is -0.485. The molecule has 0 spiro atoms. The van der Waals surface area contributed by atoms with Crippen molar-refractivity contribution >= 4 is 24.0 Å². The van der Waals surface area contributed by atoms with Crippen LogP contribution >= 0.6 is 24.0 Å². The molecule has 2 N–H and O–H groups in total. The van der Waals surface area contributed by atoms with E-state index in [2.05, 4.69) is 20.2 Å². The Labute approximate surface area is 156 Å². The van der Waals surface area contributed by atoms with Gasteiger partial charge in [-0.25, -0.2) is 9.67 Å². The lowest BCUT2D eigenvalue weighted by Crippen LogP contribution is -2.44. The Morgan fingerprint density at radius 1 is 1.24 bits per heavy atom. The summed E-state index contributed by atoms with van der Waals surface area (Å²) in [6.45, 7) is 3.90. The first-order valence-corrected chi connectivity index (χ1v) is 8.18. The maximum absolute atomic E-state index is 6.28. The summed E-state index contributed by atoms with van der Waals surface area (Å²) in [6, 6.07) is 5.54. The SMILES string of the molecule is Cc1cc(C)n(-c2ccc(Cl)c(-c3nc(C4(N)CCC4)no3)n2)n1.Cl. The second-order valence-electron chi connectivity index (χ2n) is 6.27. The normalized spacial score (nSPS) is 15.5. The molecule has 0 amide bonds. The third-order valence-corrected chi connectivity index (χ3v) is 4.68. The predicted molar refractivity (Wildman–Crippen MR) is 96.1 cm³/mol. The van der Waals surface area contributed by atoms with Crippen molar-refractivity contribution in [1.82, 2.24) is 24.9 Å². The molecule has 3 aromatic rings. The highest BCUT2D eigenvalue weighted by molar-refractivity contribution is 6.32. The molecule has 0 aromatic carbocycles. The minimum absolute atomic E-state index is 0. The van der Waals surface area contributed by atoms with Crippen LogP contribution in [0.3, 0.4) is 0 Å². The maximum Gasteiger partial charge on any atom is 0.278 e. The van der Waals surface area contributed by atoms with Crippen LogP contribution in [-0.2, 0) is 5.54 Å². The summed E-state index contributed by atoms with van der Waals surface area (Å²) in [5.41, 5.74) is 8.09. The van der Waals surface area contributed by atoms with Crippen molar-refractivity contribution in [2.24, 2.45) is 5.73 Å². The zero-order valence-corrected chi connectivity index (χ0v) is 15.4. The van der Waals surface area contributed by atoms with E-state index in [1.807, 2.05) is 19.9 Å². The molecular formula is C16H18Cl2N6O. The van der Waals surface area contributed by atoms with Gasteiger partial charge in [0.15, 0.2) is 11.6 Å². The molecule has 9 heteroatoms. The Balaban J connectivity index is 0.00000182. The molecule has 1 aliphatic rings. The monoisotopic (exact) mass is 380 g/mol. The van der Waals surface area contributed by atoms with E-state index < -0.39 is 5.54 Å². The van der Waals surface area contributed by atoms with E-state index >= 15 is 0 Å². The van der Waals surface area contributed by atoms with Crippen LogP contribution in [0.15, 0.2) is 22.7 Å². The number of nitrogens with two attached hydrogens (primary N) is 1. The summed E-state index contributed by atoms with van der Waals surface area (Å²) in [6.07, 6.45) is 2.80. The smallest absolute Gasteiger partial charge is 0.278 e. The van der Waals surface area contributed by atoms with Crippen molar-refractivity contribution in [2.75, 3.05) is 0 Å². The quantitative estimate of drug-likeness (QED) is 0.748. The molecular weight excluding hydrogens is 363 g/mol. The summed E-state index contributed by atoms with van der Waals surface area (Å²) < 4.78 is 7.11. The standard InChI is InChI=1S/C16H17ClN6O.ClH/c1-9-8-10(2)23(21-9)12-5-4-11(17)13(19-12)14-20-15(22-24-14)16(18)6-3-7-16;/h4-5,8H,3,6-7,18H2,1-2H3;1H. The van der Waals surface area contributed by atoms with E-state index in [0.717, 1.165) is 30.7 Å². The number of rotatable bonds is 3. The van der Waals surface area contributed by atoms with Gasteiger partial charge in [-0.05, 0) is 51.3 Å². The highest BCUT2D eigenvalue weighted by Crippen LogP contribution is 2.38. The Morgan fingerprint density at radius 3 is 2.60 bits per heavy atom. The molecule has 0 saturated heterocycles. The van der Waals surface area contributed by atoms with Crippen molar-refractivity contribution in [3.63, 3.8) is 0 Å². The molecule has 3 aromatic heterocycles. The first-order chi connectivity index (χ1) is 11.5. The van der Waals surface area contributed by atoms with Gasteiger partial charge in [-0.2, -0.15) is 10.1 Å². The summed E-state index contributed by atoms with van der Waals surface area (Å²) in [7, 11) is 0. The minimum Gasteiger partial charge on any atom is -0.332 e. The molecule has 0 aliphatic heterocycles. The van der Waals surface area contributed by atoms with E-state index in [0.29, 0.717) is 22.4 Å². The second-order valence-corrected chi connectivity index (χ2v) is 6.68. The fourth-order valence-electron chi connectivity index (χ4n) is 2.86. The number of aryl methyl sites for hydroxylation is 2. The molecule has 1 aliphatic carbocycles. The highest BCUT2D eigenvalue weighted by atomic mass is 35.5. The molecule has 132 valence electrons. The average Bonchev–Trinajstić information content (AvgIpc) is 3.12. The first kappa shape index (κ1) is 17.8. The van der Waals surface area contributed by atoms with E-state index in [1.165, 1.54) is 0 Å². The Kier molecular flexibility index (Phi) is 4.57. The van der Waals surface area contributed by atoms with Gasteiger partial charge < -0.3 is 10.3 Å². The molecule has 7 nitrogen and oxygen atoms in total. The van der Waals surface area contributed by atoms with Crippen molar-refractivity contribution < 1.29 is 4.52 Å². The second kappa shape index (κ2) is 6.40. The number of aromatic nitrogens is 5. The molecule has 0 atom stereocenters. The van der Waals surface area contributed by atoms with Crippen LogP contribution in [0, 0.1) is 13.8 Å². The molecule has 0 bridgehead atoms. The van der Waals surface area contributed by atoms with Gasteiger partial charge in [0.1, 0.15) is 5.69 Å². The van der Waals surface area contributed by atoms with Gasteiger partial charge in [0, 0.05) is 5.69 Å². The maximum atomic E-state index is 6.28. The predicted octanol–water partition coefficient (Wildman–Crippen LogP) is 3.35. The van der Waals surface area contributed by atoms with Crippen molar-refractivity contribution in [2.45, 2.75) is 38.6 Å². The largest absolute Gasteiger partial charge is 0.332 e. The van der Waals surface area contributed by atoms with Gasteiger partial charge in [0.25, 0.3) is 5.89 Å². The van der Waals surface area contributed by atoms with E-state index in [-0.39, 0.29) is 18.3 Å². The van der Waals surface area contributed by atoms with E-state index in [9.17, 15) is 0 Å². The van der Waals surface area contributed by atoms with E-state index in [4.69, 9.17) is 21.9 Å². The van der Waals surface area contributed by atoms with Crippen LogP contribution in [0.5, 0.6) is 0 Å². The Bertz CT molecular complexity index is 915. The van der Waals surface area contributed by atoms with Crippen molar-refractivity contribution in [1.29, 1.82) is 0 Å². The zero-order valence-electron chi connectivity index (χ0n) is 13.9. The zero-order chi connectivity index (χ0) is 16.9. The molecule has 1 saturated carbocycles. The third-order valence-electron chi connectivity index (χ3n) is 4.38. The molecule has 3 heterocycles. The Morgan fingerprint density at radius 2 is 2.00 bits per heavy atom. The van der Waals surface area contributed by atoms with Gasteiger partial charge in [0.05, 0.1) is 16.3 Å². The van der Waals surface area contributed by atoms with Crippen molar-refractivity contribution in [3.05, 3.63) is 40.4 Å². The van der Waals surface area contributed by atoms with Gasteiger partial charge in [0.2, 0.25) is 0 Å². The molecule has 0 unspecified atom stereocenters. The number of pyridine rings is 1. The van der Waals surface area contributed by atoms with Crippen LogP contribution in [0.25, 0.3) is 17.4 Å². The van der Waals surface area contributed by atoms with Crippen LogP contribution in [0.4, 0.5) is 0 Å². The summed E-state index contributed by atoms with van der Waals surface area (Å²) >= 11 is 6.28. The van der Waals surface area contributed by atoms with Crippen LogP contribution in [0.2, 0.25) is 5.02 Å². The molecule has 0 radical (unpaired) electrons. The van der Waals surface area contributed by atoms with Gasteiger partial charge in [-0.3, -0.25) is 0 Å². The van der Waals surface area contributed by atoms with E-state index in [1.54, 1.807) is 16.8 Å². The Hall–Kier alpha value is -1.96. The van der Waals surface area contributed by atoms with Gasteiger partial charge >= 0.3 is 0 Å². The fourth-order valence-corrected chi connectivity index (χ4v) is 3.05. The summed E-state index contributed by atoms with van der Waals surface area (Å²) in [5, 5.41) is 8.90. The number of hydrogen-bond acceptors (Lipinski definition) is 6. The van der Waals surface area contributed by atoms with Crippen molar-refractivity contribution in [3.8, 4) is 17.4 Å². The number of hydrogen-bond donors (Lipinski definition) is 1. The van der Waals surface area contributed by atoms with Crippen LogP contribution in [0.1, 0.15) is 36.5 Å². The molecule has 4 rings (SSSR count). The lowest BCUT2D eigenvalue weighted by atomic mass is 9.77. The molecule has 1 fully saturated rings. The summed E-state index contributed by atoms with van der Waals surface area (Å²) in [5.74, 6) is 1.43. The lowest BCUT2D eigenvalue weighted by Gasteiger charge is -2.34. The van der Waals surface area contributed by atoms with Crippen LogP contribution < -0.4 is 5.73 Å². The van der Waals surface area contributed by atoms with Crippen LogP contribution in [-0.4, -0.2) is 24.9 Å². The first-order valence-electron chi connectivity index (χ1n) is 7.80. The summed E-state index contributed by atoms with van der Waals surface area (Å²) in [4.78, 5) is 8.98.